The summed E-state index contributed by atoms with van der Waals surface area (Å²) in [4.78, 5) is 0. The van der Waals surface area contributed by atoms with Gasteiger partial charge in [0.25, 0.3) is 0 Å². The molecule has 0 N–H and O–H groups in total. The number of halogens is 5. The lowest BCUT2D eigenvalue weighted by Gasteiger charge is -2.10. The average Bonchev–Trinajstić information content (AvgIpc) is 2.77. The highest BCUT2D eigenvalue weighted by Crippen LogP contribution is 2.32. The third-order valence-electron chi connectivity index (χ3n) is 5.24. The van der Waals surface area contributed by atoms with Crippen molar-refractivity contribution in [3.05, 3.63) is 107 Å². The van der Waals surface area contributed by atoms with Crippen molar-refractivity contribution in [3.63, 3.8) is 0 Å². The summed E-state index contributed by atoms with van der Waals surface area (Å²) in [5.41, 5.74) is 2.94. The molecule has 0 radical (unpaired) electrons. The Bertz CT molecular complexity index is 1240. The van der Waals surface area contributed by atoms with E-state index in [0.29, 0.717) is 5.56 Å². The second-order valence-electron chi connectivity index (χ2n) is 7.19. The SMILES string of the molecule is CCc1ccc(-c2ccc(-c3ccc(-c4cc(F)c(F)c(F)c4)c(F)c3)c(F)c2)cc1. The standard InChI is InChI=1S/C26H17F5/c1-2-15-3-5-16(6-4-15)17-7-9-20(22(27)11-17)18-8-10-21(23(28)12-18)19-13-24(29)26(31)25(30)14-19/h3-14H,2H2,1H3. The third-order valence-corrected chi connectivity index (χ3v) is 5.24. The van der Waals surface area contributed by atoms with E-state index in [1.165, 1.54) is 23.8 Å². The molecule has 0 unspecified atom stereocenters. The summed E-state index contributed by atoms with van der Waals surface area (Å²) >= 11 is 0. The predicted octanol–water partition coefficient (Wildman–Crippen LogP) is 7.95. The lowest BCUT2D eigenvalue weighted by atomic mass is 9.96. The van der Waals surface area contributed by atoms with Crippen LogP contribution < -0.4 is 0 Å². The van der Waals surface area contributed by atoms with Gasteiger partial charge in [0.15, 0.2) is 17.5 Å². The molecular weight excluding hydrogens is 407 g/mol. The number of aryl methyl sites for hydroxylation is 1. The molecule has 5 heteroatoms. The van der Waals surface area contributed by atoms with E-state index in [1.54, 1.807) is 12.1 Å². The highest BCUT2D eigenvalue weighted by atomic mass is 19.2. The Kier molecular flexibility index (Phi) is 5.59. The van der Waals surface area contributed by atoms with Crippen molar-refractivity contribution in [3.8, 4) is 33.4 Å². The maximum atomic E-state index is 14.8. The summed E-state index contributed by atoms with van der Waals surface area (Å²) < 4.78 is 69.6. The topological polar surface area (TPSA) is 0 Å². The fourth-order valence-electron chi connectivity index (χ4n) is 3.49. The number of benzene rings is 4. The Morgan fingerprint density at radius 3 is 1.48 bits per heavy atom. The van der Waals surface area contributed by atoms with Gasteiger partial charge < -0.3 is 0 Å². The van der Waals surface area contributed by atoms with Gasteiger partial charge in [0.2, 0.25) is 0 Å². The molecule has 31 heavy (non-hydrogen) atoms. The number of hydrogen-bond donors (Lipinski definition) is 0. The van der Waals surface area contributed by atoms with E-state index in [-0.39, 0.29) is 22.3 Å². The van der Waals surface area contributed by atoms with Crippen LogP contribution in [0, 0.1) is 29.1 Å². The van der Waals surface area contributed by atoms with Crippen LogP contribution in [0.15, 0.2) is 72.8 Å². The van der Waals surface area contributed by atoms with Crippen molar-refractivity contribution in [2.45, 2.75) is 13.3 Å². The Morgan fingerprint density at radius 1 is 0.484 bits per heavy atom. The minimum absolute atomic E-state index is 0.116. The zero-order valence-electron chi connectivity index (χ0n) is 16.5. The van der Waals surface area contributed by atoms with Gasteiger partial charge in [-0.2, -0.15) is 0 Å². The first-order valence-electron chi connectivity index (χ1n) is 9.71. The zero-order valence-corrected chi connectivity index (χ0v) is 16.5. The molecule has 0 aliphatic rings. The van der Waals surface area contributed by atoms with Crippen LogP contribution in [-0.4, -0.2) is 0 Å². The van der Waals surface area contributed by atoms with Gasteiger partial charge in [-0.3, -0.25) is 0 Å². The van der Waals surface area contributed by atoms with Gasteiger partial charge in [-0.1, -0.05) is 55.5 Å². The molecule has 0 aliphatic heterocycles. The van der Waals surface area contributed by atoms with Crippen molar-refractivity contribution in [1.82, 2.24) is 0 Å². The zero-order chi connectivity index (χ0) is 22.1. The molecule has 0 saturated heterocycles. The van der Waals surface area contributed by atoms with Crippen LogP contribution in [0.5, 0.6) is 0 Å². The Balaban J connectivity index is 1.68. The van der Waals surface area contributed by atoms with Crippen molar-refractivity contribution in [2.75, 3.05) is 0 Å². The first-order valence-corrected chi connectivity index (χ1v) is 9.71. The fourth-order valence-corrected chi connectivity index (χ4v) is 3.49. The maximum Gasteiger partial charge on any atom is 0.194 e. The van der Waals surface area contributed by atoms with Crippen LogP contribution in [0.2, 0.25) is 0 Å². The highest BCUT2D eigenvalue weighted by molar-refractivity contribution is 5.74. The molecule has 0 fully saturated rings. The molecule has 0 aliphatic carbocycles. The summed E-state index contributed by atoms with van der Waals surface area (Å²) in [7, 11) is 0. The van der Waals surface area contributed by atoms with E-state index in [1.807, 2.05) is 24.3 Å². The quantitative estimate of drug-likeness (QED) is 0.230. The average molecular weight is 424 g/mol. The molecule has 4 aromatic carbocycles. The molecule has 0 saturated carbocycles. The molecule has 0 spiro atoms. The maximum absolute atomic E-state index is 14.8. The lowest BCUT2D eigenvalue weighted by Crippen LogP contribution is -1.94. The molecule has 4 rings (SSSR count). The summed E-state index contributed by atoms with van der Waals surface area (Å²) in [5.74, 6) is -5.77. The van der Waals surface area contributed by atoms with Crippen LogP contribution in [-0.2, 0) is 6.42 Å². The molecule has 156 valence electrons. The Hall–Kier alpha value is -3.47. The molecule has 0 heterocycles. The summed E-state index contributed by atoms with van der Waals surface area (Å²) in [5, 5.41) is 0. The van der Waals surface area contributed by atoms with Gasteiger partial charge in [0.05, 0.1) is 0 Å². The molecule has 0 amide bonds. The lowest BCUT2D eigenvalue weighted by molar-refractivity contribution is 0.447. The van der Waals surface area contributed by atoms with Crippen molar-refractivity contribution >= 4 is 0 Å². The van der Waals surface area contributed by atoms with Gasteiger partial charge in [-0.25, -0.2) is 22.0 Å². The first kappa shape index (κ1) is 20.8. The van der Waals surface area contributed by atoms with E-state index >= 15 is 0 Å². The van der Waals surface area contributed by atoms with Crippen molar-refractivity contribution < 1.29 is 22.0 Å². The van der Waals surface area contributed by atoms with Crippen molar-refractivity contribution in [2.24, 2.45) is 0 Å². The van der Waals surface area contributed by atoms with E-state index in [2.05, 4.69) is 6.92 Å². The minimum atomic E-state index is -1.62. The van der Waals surface area contributed by atoms with Crippen LogP contribution in [0.4, 0.5) is 22.0 Å². The molecule has 4 aromatic rings. The van der Waals surface area contributed by atoms with E-state index in [4.69, 9.17) is 0 Å². The van der Waals surface area contributed by atoms with Crippen LogP contribution >= 0.6 is 0 Å². The van der Waals surface area contributed by atoms with Gasteiger partial charge in [0.1, 0.15) is 11.6 Å². The summed E-state index contributed by atoms with van der Waals surface area (Å²) in [6.07, 6.45) is 0.909. The molecule has 0 atom stereocenters. The van der Waals surface area contributed by atoms with Crippen molar-refractivity contribution in [1.29, 1.82) is 0 Å². The van der Waals surface area contributed by atoms with E-state index < -0.39 is 29.1 Å². The number of hydrogen-bond acceptors (Lipinski definition) is 0. The second kappa shape index (κ2) is 8.34. The Morgan fingerprint density at radius 2 is 0.935 bits per heavy atom. The van der Waals surface area contributed by atoms with Crippen LogP contribution in [0.3, 0.4) is 0 Å². The molecule has 0 aromatic heterocycles. The monoisotopic (exact) mass is 424 g/mol. The molecule has 0 nitrogen and oxygen atoms in total. The van der Waals surface area contributed by atoms with Gasteiger partial charge >= 0.3 is 0 Å². The van der Waals surface area contributed by atoms with Crippen LogP contribution in [0.25, 0.3) is 33.4 Å². The van der Waals surface area contributed by atoms with Gasteiger partial charge in [-0.15, -0.1) is 0 Å². The number of rotatable bonds is 4. The third kappa shape index (κ3) is 4.08. The normalized spacial score (nSPS) is 11.0. The Labute approximate surface area is 176 Å². The summed E-state index contributed by atoms with van der Waals surface area (Å²) in [6, 6.07) is 17.7. The minimum Gasteiger partial charge on any atom is -0.206 e. The predicted molar refractivity (Wildman–Crippen MR) is 112 cm³/mol. The van der Waals surface area contributed by atoms with E-state index in [0.717, 1.165) is 30.2 Å². The van der Waals surface area contributed by atoms with Gasteiger partial charge in [0, 0.05) is 11.1 Å². The smallest absolute Gasteiger partial charge is 0.194 e. The molecular formula is C26H17F5. The second-order valence-corrected chi connectivity index (χ2v) is 7.19. The largest absolute Gasteiger partial charge is 0.206 e. The fraction of sp³-hybridized carbons (Fsp3) is 0.0769. The van der Waals surface area contributed by atoms with Crippen LogP contribution in [0.1, 0.15) is 12.5 Å². The van der Waals surface area contributed by atoms with E-state index in [9.17, 15) is 22.0 Å². The van der Waals surface area contributed by atoms with Gasteiger partial charge in [-0.05, 0) is 58.5 Å². The summed E-state index contributed by atoms with van der Waals surface area (Å²) in [6.45, 7) is 2.05. The first-order chi connectivity index (χ1) is 14.9. The molecule has 0 bridgehead atoms. The highest BCUT2D eigenvalue weighted by Gasteiger charge is 2.16.